The predicted molar refractivity (Wildman–Crippen MR) is 79.4 cm³/mol. The first-order valence-electron chi connectivity index (χ1n) is 6.30. The molecular weight excluding hydrogens is 364 g/mol. The van der Waals surface area contributed by atoms with E-state index in [2.05, 4.69) is 15.9 Å². The molecule has 1 aromatic carbocycles. The average Bonchev–Trinajstić information content (AvgIpc) is 2.37. The summed E-state index contributed by atoms with van der Waals surface area (Å²) in [6.07, 6.45) is 1.01. The second-order valence-electron chi connectivity index (χ2n) is 5.31. The molecule has 0 bridgehead atoms. The molecule has 1 saturated heterocycles. The van der Waals surface area contributed by atoms with Gasteiger partial charge in [0.05, 0.1) is 10.5 Å². The van der Waals surface area contributed by atoms with E-state index in [9.17, 15) is 23.6 Å². The van der Waals surface area contributed by atoms with Gasteiger partial charge in [-0.3, -0.25) is 10.1 Å². The summed E-state index contributed by atoms with van der Waals surface area (Å²) in [7, 11) is -4.03. The summed E-state index contributed by atoms with van der Waals surface area (Å²) in [6, 6.07) is 3.79. The number of hydrogen-bond acceptors (Lipinski definition) is 5. The number of benzene rings is 1. The summed E-state index contributed by atoms with van der Waals surface area (Å²) < 4.78 is 26.8. The van der Waals surface area contributed by atoms with E-state index in [4.69, 9.17) is 0 Å². The first-order chi connectivity index (χ1) is 9.63. The quantitative estimate of drug-likeness (QED) is 0.639. The highest BCUT2D eigenvalue weighted by Gasteiger charge is 2.38. The number of aliphatic hydroxyl groups is 1. The molecule has 0 spiro atoms. The summed E-state index contributed by atoms with van der Waals surface area (Å²) in [5, 5.41) is 21.1. The molecule has 0 amide bonds. The van der Waals surface area contributed by atoms with E-state index in [1.165, 1.54) is 12.1 Å². The van der Waals surface area contributed by atoms with E-state index >= 15 is 0 Å². The van der Waals surface area contributed by atoms with Crippen molar-refractivity contribution in [2.75, 3.05) is 13.1 Å². The van der Waals surface area contributed by atoms with Crippen molar-refractivity contribution in [2.45, 2.75) is 30.3 Å². The van der Waals surface area contributed by atoms with Gasteiger partial charge in [0.15, 0.2) is 4.90 Å². The molecule has 1 heterocycles. The van der Waals surface area contributed by atoms with Gasteiger partial charge in [-0.25, -0.2) is 8.42 Å². The molecule has 1 aliphatic rings. The molecule has 1 unspecified atom stereocenters. The fraction of sp³-hybridized carbons (Fsp3) is 0.500. The fourth-order valence-electron chi connectivity index (χ4n) is 2.36. The SMILES string of the molecule is CC1(O)CCCN(S(=O)(=O)c2cc(Br)ccc2[N+](=O)[O-])C1. The molecule has 9 heteroatoms. The van der Waals surface area contributed by atoms with Crippen LogP contribution in [0.4, 0.5) is 5.69 Å². The maximum atomic E-state index is 12.6. The molecule has 0 saturated carbocycles. The Labute approximate surface area is 130 Å². The minimum atomic E-state index is -4.03. The lowest BCUT2D eigenvalue weighted by Gasteiger charge is -2.35. The predicted octanol–water partition coefficient (Wildman–Crippen LogP) is 1.89. The first-order valence-corrected chi connectivity index (χ1v) is 8.53. The van der Waals surface area contributed by atoms with Gasteiger partial charge in [-0.1, -0.05) is 15.9 Å². The lowest BCUT2D eigenvalue weighted by Crippen LogP contribution is -2.48. The zero-order valence-electron chi connectivity index (χ0n) is 11.3. The van der Waals surface area contributed by atoms with Crippen molar-refractivity contribution in [1.29, 1.82) is 0 Å². The Morgan fingerprint density at radius 3 is 2.71 bits per heavy atom. The van der Waals surface area contributed by atoms with Gasteiger partial charge in [-0.15, -0.1) is 0 Å². The summed E-state index contributed by atoms with van der Waals surface area (Å²) in [5.41, 5.74) is -1.59. The van der Waals surface area contributed by atoms with Crippen molar-refractivity contribution in [3.05, 3.63) is 32.8 Å². The van der Waals surface area contributed by atoms with Crippen molar-refractivity contribution in [1.82, 2.24) is 4.31 Å². The Morgan fingerprint density at radius 1 is 1.48 bits per heavy atom. The molecule has 0 radical (unpaired) electrons. The number of piperidine rings is 1. The van der Waals surface area contributed by atoms with Crippen LogP contribution in [0.15, 0.2) is 27.6 Å². The van der Waals surface area contributed by atoms with Gasteiger partial charge in [0.1, 0.15) is 0 Å². The van der Waals surface area contributed by atoms with Gasteiger partial charge >= 0.3 is 0 Å². The number of sulfonamides is 1. The van der Waals surface area contributed by atoms with E-state index in [0.717, 1.165) is 10.4 Å². The molecule has 0 aromatic heterocycles. The molecule has 1 aromatic rings. The van der Waals surface area contributed by atoms with Crippen LogP contribution in [-0.4, -0.2) is 41.4 Å². The standard InChI is InChI=1S/C12H15BrN2O5S/c1-12(16)5-2-6-14(8-12)21(19,20)11-7-9(13)3-4-10(11)15(17)18/h3-4,7,16H,2,5-6,8H2,1H3. The van der Waals surface area contributed by atoms with Gasteiger partial charge in [-0.2, -0.15) is 4.31 Å². The van der Waals surface area contributed by atoms with Crippen molar-refractivity contribution >= 4 is 31.6 Å². The van der Waals surface area contributed by atoms with E-state index in [1.807, 2.05) is 0 Å². The molecule has 1 N–H and O–H groups in total. The van der Waals surface area contributed by atoms with Crippen molar-refractivity contribution in [2.24, 2.45) is 0 Å². The number of β-amino-alcohol motifs (C(OH)–C–C–N with tert-alkyl or cyclic N) is 1. The number of hydrogen-bond donors (Lipinski definition) is 1. The van der Waals surface area contributed by atoms with Crippen molar-refractivity contribution in [3.8, 4) is 0 Å². The Hall–Kier alpha value is -1.03. The van der Waals surface area contributed by atoms with Crippen LogP contribution < -0.4 is 0 Å². The molecule has 1 atom stereocenters. The Bertz CT molecular complexity index is 674. The lowest BCUT2D eigenvalue weighted by molar-refractivity contribution is -0.387. The highest BCUT2D eigenvalue weighted by atomic mass is 79.9. The number of halogens is 1. The van der Waals surface area contributed by atoms with E-state index in [-0.39, 0.29) is 18.0 Å². The van der Waals surface area contributed by atoms with Crippen LogP contribution in [0, 0.1) is 10.1 Å². The Kier molecular flexibility index (Phi) is 4.39. The number of nitrogens with zero attached hydrogens (tertiary/aromatic N) is 2. The van der Waals surface area contributed by atoms with Crippen LogP contribution in [0.2, 0.25) is 0 Å². The maximum Gasteiger partial charge on any atom is 0.289 e. The third-order valence-electron chi connectivity index (χ3n) is 3.38. The average molecular weight is 379 g/mol. The summed E-state index contributed by atoms with van der Waals surface area (Å²) in [4.78, 5) is 9.97. The van der Waals surface area contributed by atoms with Crippen LogP contribution in [0.5, 0.6) is 0 Å². The third-order valence-corrected chi connectivity index (χ3v) is 5.74. The Morgan fingerprint density at radius 2 is 2.14 bits per heavy atom. The van der Waals surface area contributed by atoms with E-state index in [1.54, 1.807) is 6.92 Å². The number of rotatable bonds is 3. The number of nitro groups is 1. The van der Waals surface area contributed by atoms with Crippen molar-refractivity contribution in [3.63, 3.8) is 0 Å². The summed E-state index contributed by atoms with van der Waals surface area (Å²) in [6.45, 7) is 1.73. The fourth-order valence-corrected chi connectivity index (χ4v) is 4.66. The zero-order valence-corrected chi connectivity index (χ0v) is 13.7. The van der Waals surface area contributed by atoms with Crippen LogP contribution in [0.1, 0.15) is 19.8 Å². The van der Waals surface area contributed by atoms with Crippen LogP contribution in [-0.2, 0) is 10.0 Å². The maximum absolute atomic E-state index is 12.6. The first kappa shape index (κ1) is 16.3. The largest absolute Gasteiger partial charge is 0.389 e. The second-order valence-corrected chi connectivity index (χ2v) is 8.13. The van der Waals surface area contributed by atoms with Gasteiger partial charge in [0, 0.05) is 23.6 Å². The van der Waals surface area contributed by atoms with E-state index < -0.39 is 26.2 Å². The second kappa shape index (κ2) is 5.64. The number of nitro benzene ring substituents is 1. The zero-order chi connectivity index (χ0) is 15.8. The smallest absolute Gasteiger partial charge is 0.289 e. The molecule has 0 aliphatic carbocycles. The van der Waals surface area contributed by atoms with Gasteiger partial charge in [0.2, 0.25) is 10.0 Å². The topological polar surface area (TPSA) is 101 Å². The molecule has 21 heavy (non-hydrogen) atoms. The molecule has 1 aliphatic heterocycles. The van der Waals surface area contributed by atoms with Crippen LogP contribution in [0.3, 0.4) is 0 Å². The lowest BCUT2D eigenvalue weighted by atomic mass is 9.97. The minimum Gasteiger partial charge on any atom is -0.389 e. The van der Waals surface area contributed by atoms with Crippen LogP contribution in [0.25, 0.3) is 0 Å². The third kappa shape index (κ3) is 3.42. The molecular formula is C12H15BrN2O5S. The molecule has 116 valence electrons. The molecule has 2 rings (SSSR count). The van der Waals surface area contributed by atoms with Crippen molar-refractivity contribution < 1.29 is 18.4 Å². The monoisotopic (exact) mass is 378 g/mol. The normalized spacial score (nSPS) is 24.0. The van der Waals surface area contributed by atoms with Crippen LogP contribution >= 0.6 is 15.9 Å². The molecule has 1 fully saturated rings. The summed E-state index contributed by atoms with van der Waals surface area (Å²) in [5.74, 6) is 0. The highest BCUT2D eigenvalue weighted by molar-refractivity contribution is 9.10. The van der Waals surface area contributed by atoms with Gasteiger partial charge < -0.3 is 5.11 Å². The summed E-state index contributed by atoms with van der Waals surface area (Å²) >= 11 is 3.13. The molecule has 7 nitrogen and oxygen atoms in total. The van der Waals surface area contributed by atoms with Gasteiger partial charge in [0.25, 0.3) is 5.69 Å². The van der Waals surface area contributed by atoms with Gasteiger partial charge in [-0.05, 0) is 31.9 Å². The Balaban J connectivity index is 2.49. The minimum absolute atomic E-state index is 0.0704. The van der Waals surface area contributed by atoms with E-state index in [0.29, 0.717) is 17.3 Å². The highest BCUT2D eigenvalue weighted by Crippen LogP contribution is 2.32.